The summed E-state index contributed by atoms with van der Waals surface area (Å²) in [4.78, 5) is 45.8. The number of guanidine groups is 1. The van der Waals surface area contributed by atoms with Gasteiger partial charge in [-0.1, -0.05) is 18.2 Å². The Morgan fingerprint density at radius 3 is 2.71 bits per heavy atom. The second kappa shape index (κ2) is 12.1. The number of aliphatic imine (C=N–C) groups is 1. The summed E-state index contributed by atoms with van der Waals surface area (Å²) in [6, 6.07) is 9.60. The van der Waals surface area contributed by atoms with Gasteiger partial charge in [0.15, 0.2) is 5.96 Å². The monoisotopic (exact) mass is 558 g/mol. The van der Waals surface area contributed by atoms with Crippen LogP contribution in [-0.2, 0) is 26.0 Å². The molecule has 5 N–H and O–H groups in total. The number of fused-ring (bicyclic) bond motifs is 1. The van der Waals surface area contributed by atoms with Gasteiger partial charge >= 0.3 is 5.97 Å². The van der Waals surface area contributed by atoms with Gasteiger partial charge in [0.1, 0.15) is 10.9 Å². The minimum Gasteiger partial charge on any atom is -0.480 e. The molecule has 1 aliphatic heterocycles. The summed E-state index contributed by atoms with van der Waals surface area (Å²) in [6.45, 7) is 0.944. The minimum atomic E-state index is -4.26. The number of benzene rings is 1. The van der Waals surface area contributed by atoms with Gasteiger partial charge in [-0.25, -0.2) is 8.42 Å². The van der Waals surface area contributed by atoms with Gasteiger partial charge in [0.2, 0.25) is 15.9 Å². The number of carbonyl (C=O) groups excluding carboxylic acids is 2. The molecule has 0 fully saturated rings. The standard InChI is InChI=1S/C24H26N6O6S2/c31-20(29-24-26-12-3-13-27-24)10-8-16-7-9-18(37-16)22(32)28-14-17(23(33)34)30-38(35,36)19-6-1-4-15-5-2-11-25-21(15)19/h1-2,4-7,9,11,17,30H,3,8,10,12-14H2,(H,28,32)(H,33,34)(H2,26,27,29,31)/t17-/m0/s1. The minimum absolute atomic E-state index is 0.161. The number of aromatic nitrogens is 1. The number of sulfonamides is 1. The van der Waals surface area contributed by atoms with E-state index in [2.05, 4.69) is 30.6 Å². The number of carboxylic acids is 1. The first-order valence-electron chi connectivity index (χ1n) is 11.8. The lowest BCUT2D eigenvalue weighted by Gasteiger charge is -2.16. The SMILES string of the molecule is O=C(CCc1ccc(C(=O)NC[C@H](NS(=O)(=O)c2cccc3cccnc23)C(=O)O)s1)NC1=NCCCN1. The van der Waals surface area contributed by atoms with Gasteiger partial charge in [0.05, 0.1) is 10.4 Å². The molecule has 2 amide bonds. The number of aliphatic carboxylic acids is 1. The summed E-state index contributed by atoms with van der Waals surface area (Å²) < 4.78 is 28.1. The topological polar surface area (TPSA) is 179 Å². The zero-order valence-electron chi connectivity index (χ0n) is 20.1. The van der Waals surface area contributed by atoms with Crippen LogP contribution in [0.4, 0.5) is 0 Å². The molecule has 14 heteroatoms. The second-order valence-corrected chi connectivity index (χ2v) is 11.2. The first-order valence-corrected chi connectivity index (χ1v) is 14.1. The molecule has 0 radical (unpaired) electrons. The van der Waals surface area contributed by atoms with Crippen LogP contribution in [0.15, 0.2) is 58.5 Å². The van der Waals surface area contributed by atoms with Crippen LogP contribution >= 0.6 is 11.3 Å². The van der Waals surface area contributed by atoms with Crippen LogP contribution in [0.5, 0.6) is 0 Å². The molecule has 3 heterocycles. The van der Waals surface area contributed by atoms with Crippen molar-refractivity contribution in [2.24, 2.45) is 4.99 Å². The lowest BCUT2D eigenvalue weighted by atomic mass is 10.2. The third kappa shape index (κ3) is 6.90. The number of pyridine rings is 1. The number of carboxylic acid groups (broad SMARTS) is 1. The third-order valence-corrected chi connectivity index (χ3v) is 8.23. The van der Waals surface area contributed by atoms with Crippen molar-refractivity contribution < 1.29 is 27.9 Å². The third-order valence-electron chi connectivity index (χ3n) is 5.59. The number of para-hydroxylation sites is 1. The maximum Gasteiger partial charge on any atom is 0.323 e. The molecule has 0 aliphatic carbocycles. The normalized spacial score (nSPS) is 14.3. The molecular weight excluding hydrogens is 532 g/mol. The van der Waals surface area contributed by atoms with Crippen molar-refractivity contribution in [3.8, 4) is 0 Å². The molecule has 200 valence electrons. The van der Waals surface area contributed by atoms with E-state index in [4.69, 9.17) is 0 Å². The van der Waals surface area contributed by atoms with E-state index in [0.717, 1.165) is 17.8 Å². The predicted octanol–water partition coefficient (Wildman–Crippen LogP) is 0.856. The number of nitrogens with zero attached hydrogens (tertiary/aromatic N) is 2. The first kappa shape index (κ1) is 27.2. The fraction of sp³-hybridized carbons (Fsp3) is 0.292. The van der Waals surface area contributed by atoms with E-state index in [0.29, 0.717) is 29.2 Å². The fourth-order valence-corrected chi connectivity index (χ4v) is 5.98. The van der Waals surface area contributed by atoms with E-state index >= 15 is 0 Å². The number of amides is 2. The maximum atomic E-state index is 13.0. The Morgan fingerprint density at radius 2 is 1.95 bits per heavy atom. The van der Waals surface area contributed by atoms with Crippen molar-refractivity contribution in [2.45, 2.75) is 30.2 Å². The number of nitrogens with one attached hydrogen (secondary N) is 4. The molecule has 4 rings (SSSR count). The number of hydrogen-bond acceptors (Lipinski definition) is 9. The van der Waals surface area contributed by atoms with Gasteiger partial charge in [-0.3, -0.25) is 29.7 Å². The van der Waals surface area contributed by atoms with E-state index in [-0.39, 0.29) is 22.7 Å². The van der Waals surface area contributed by atoms with Crippen molar-refractivity contribution in [2.75, 3.05) is 19.6 Å². The Hall–Kier alpha value is -3.88. The summed E-state index contributed by atoms with van der Waals surface area (Å²) in [5.41, 5.74) is 0.207. The average Bonchev–Trinajstić information content (AvgIpc) is 3.39. The van der Waals surface area contributed by atoms with E-state index < -0.39 is 34.5 Å². The average molecular weight is 559 g/mol. The highest BCUT2D eigenvalue weighted by Crippen LogP contribution is 2.21. The van der Waals surface area contributed by atoms with Crippen LogP contribution in [0.2, 0.25) is 0 Å². The Labute approximate surface area is 222 Å². The molecule has 0 saturated heterocycles. The highest BCUT2D eigenvalue weighted by molar-refractivity contribution is 7.89. The molecule has 0 spiro atoms. The quantitative estimate of drug-likeness (QED) is 0.243. The molecule has 1 aliphatic rings. The van der Waals surface area contributed by atoms with E-state index in [1.54, 1.807) is 30.3 Å². The van der Waals surface area contributed by atoms with Crippen molar-refractivity contribution in [3.63, 3.8) is 0 Å². The summed E-state index contributed by atoms with van der Waals surface area (Å²) in [7, 11) is -4.26. The number of carbonyl (C=O) groups is 3. The van der Waals surface area contributed by atoms with Gasteiger partial charge in [-0.2, -0.15) is 4.72 Å². The van der Waals surface area contributed by atoms with Gasteiger partial charge in [-0.05, 0) is 37.1 Å². The number of aryl methyl sites for hydroxylation is 1. The second-order valence-electron chi connectivity index (χ2n) is 8.38. The Morgan fingerprint density at radius 1 is 1.13 bits per heavy atom. The molecule has 0 saturated carbocycles. The molecule has 1 atom stereocenters. The lowest BCUT2D eigenvalue weighted by Crippen LogP contribution is -2.48. The summed E-state index contributed by atoms with van der Waals surface area (Å²) >= 11 is 1.17. The molecule has 2 aromatic heterocycles. The fourth-order valence-electron chi connectivity index (χ4n) is 3.69. The zero-order valence-corrected chi connectivity index (χ0v) is 21.8. The van der Waals surface area contributed by atoms with Crippen LogP contribution < -0.4 is 20.7 Å². The van der Waals surface area contributed by atoms with Crippen molar-refractivity contribution in [1.29, 1.82) is 0 Å². The summed E-state index contributed by atoms with van der Waals surface area (Å²) in [6.07, 6.45) is 2.97. The maximum absolute atomic E-state index is 13.0. The number of thiophene rings is 1. The largest absolute Gasteiger partial charge is 0.480 e. The number of hydrogen-bond donors (Lipinski definition) is 5. The highest BCUT2D eigenvalue weighted by atomic mass is 32.2. The van der Waals surface area contributed by atoms with E-state index in [1.165, 1.54) is 29.7 Å². The van der Waals surface area contributed by atoms with Crippen LogP contribution in [0.3, 0.4) is 0 Å². The zero-order chi connectivity index (χ0) is 27.1. The van der Waals surface area contributed by atoms with Gasteiger partial charge in [0, 0.05) is 42.5 Å². The molecular formula is C24H26N6O6S2. The van der Waals surface area contributed by atoms with Crippen molar-refractivity contribution >= 4 is 56.0 Å². The van der Waals surface area contributed by atoms with Crippen LogP contribution in [0.25, 0.3) is 10.9 Å². The highest BCUT2D eigenvalue weighted by Gasteiger charge is 2.28. The van der Waals surface area contributed by atoms with Gasteiger partial charge in [-0.15, -0.1) is 11.3 Å². The van der Waals surface area contributed by atoms with Crippen molar-refractivity contribution in [3.05, 3.63) is 58.4 Å². The number of rotatable bonds is 10. The molecule has 0 unspecified atom stereocenters. The predicted molar refractivity (Wildman–Crippen MR) is 142 cm³/mol. The lowest BCUT2D eigenvalue weighted by molar-refractivity contribution is -0.138. The van der Waals surface area contributed by atoms with Crippen molar-refractivity contribution in [1.82, 2.24) is 25.7 Å². The molecule has 0 bridgehead atoms. The summed E-state index contributed by atoms with van der Waals surface area (Å²) in [5, 5.41) is 18.4. The summed E-state index contributed by atoms with van der Waals surface area (Å²) in [5.74, 6) is -1.73. The molecule has 3 aromatic rings. The molecule has 38 heavy (non-hydrogen) atoms. The smallest absolute Gasteiger partial charge is 0.323 e. The van der Waals surface area contributed by atoms with Gasteiger partial charge < -0.3 is 15.7 Å². The Kier molecular flexibility index (Phi) is 8.66. The van der Waals surface area contributed by atoms with Gasteiger partial charge in [0.25, 0.3) is 5.91 Å². The van der Waals surface area contributed by atoms with E-state index in [9.17, 15) is 27.9 Å². The Balaban J connectivity index is 1.33. The van der Waals surface area contributed by atoms with Crippen LogP contribution in [-0.4, -0.2) is 67.9 Å². The van der Waals surface area contributed by atoms with E-state index in [1.807, 2.05) is 0 Å². The molecule has 12 nitrogen and oxygen atoms in total. The first-order chi connectivity index (χ1) is 18.2. The van der Waals surface area contributed by atoms with Crippen LogP contribution in [0, 0.1) is 0 Å². The Bertz CT molecular complexity index is 1480. The molecule has 1 aromatic carbocycles. The van der Waals surface area contributed by atoms with Crippen LogP contribution in [0.1, 0.15) is 27.4 Å².